The lowest BCUT2D eigenvalue weighted by Crippen LogP contribution is -2.55. The first-order chi connectivity index (χ1) is 9.10. The van der Waals surface area contributed by atoms with Crippen LogP contribution in [0.15, 0.2) is 0 Å². The van der Waals surface area contributed by atoms with Crippen LogP contribution in [0.2, 0.25) is 0 Å². The van der Waals surface area contributed by atoms with Crippen LogP contribution in [0, 0.1) is 0 Å². The molecule has 0 bridgehead atoms. The van der Waals surface area contributed by atoms with Crippen molar-refractivity contribution < 1.29 is 29.6 Å². The van der Waals surface area contributed by atoms with Gasteiger partial charge in [-0.05, 0) is 0 Å². The smallest absolute Gasteiger partial charge is 0.320 e. The first kappa shape index (κ1) is 15.7. The SMILES string of the molecule is O=C(O)CC1COCCN1C(=O)N(CCO)CCO. The highest BCUT2D eigenvalue weighted by Crippen LogP contribution is 2.13. The molecule has 19 heavy (non-hydrogen) atoms. The molecule has 1 unspecified atom stereocenters. The molecule has 3 N–H and O–H groups in total. The first-order valence-electron chi connectivity index (χ1n) is 6.17. The monoisotopic (exact) mass is 276 g/mol. The third kappa shape index (κ3) is 4.66. The zero-order chi connectivity index (χ0) is 14.3. The second-order valence-electron chi connectivity index (χ2n) is 4.24. The van der Waals surface area contributed by atoms with Crippen molar-refractivity contribution >= 4 is 12.0 Å². The highest BCUT2D eigenvalue weighted by atomic mass is 16.5. The van der Waals surface area contributed by atoms with Crippen molar-refractivity contribution in [3.8, 4) is 0 Å². The quantitative estimate of drug-likeness (QED) is 0.548. The summed E-state index contributed by atoms with van der Waals surface area (Å²) in [5, 5.41) is 26.6. The topological polar surface area (TPSA) is 111 Å². The normalized spacial score (nSPS) is 19.3. The van der Waals surface area contributed by atoms with Gasteiger partial charge in [-0.15, -0.1) is 0 Å². The van der Waals surface area contributed by atoms with Crippen molar-refractivity contribution in [1.29, 1.82) is 0 Å². The highest BCUT2D eigenvalue weighted by Gasteiger charge is 2.31. The molecule has 8 heteroatoms. The van der Waals surface area contributed by atoms with Crippen LogP contribution in [0.5, 0.6) is 0 Å². The maximum absolute atomic E-state index is 12.3. The van der Waals surface area contributed by atoms with E-state index in [1.54, 1.807) is 0 Å². The minimum absolute atomic E-state index is 0.108. The van der Waals surface area contributed by atoms with Gasteiger partial charge in [0.25, 0.3) is 0 Å². The number of carbonyl (C=O) groups excluding carboxylic acids is 1. The van der Waals surface area contributed by atoms with Crippen molar-refractivity contribution in [3.63, 3.8) is 0 Å². The molecule has 1 rings (SSSR count). The Labute approximate surface area is 111 Å². The number of carboxylic acid groups (broad SMARTS) is 1. The molecule has 1 fully saturated rings. The third-order valence-electron chi connectivity index (χ3n) is 2.89. The molecule has 0 aliphatic carbocycles. The summed E-state index contributed by atoms with van der Waals surface area (Å²) >= 11 is 0. The Hall–Kier alpha value is -1.38. The fourth-order valence-corrected chi connectivity index (χ4v) is 2.00. The Morgan fingerprint density at radius 2 is 1.89 bits per heavy atom. The number of hydrogen-bond donors (Lipinski definition) is 3. The molecule has 1 aliphatic rings. The van der Waals surface area contributed by atoms with E-state index in [0.717, 1.165) is 0 Å². The molecule has 1 aliphatic heterocycles. The van der Waals surface area contributed by atoms with Crippen LogP contribution in [0.1, 0.15) is 6.42 Å². The number of hydrogen-bond acceptors (Lipinski definition) is 5. The van der Waals surface area contributed by atoms with Crippen molar-refractivity contribution in [1.82, 2.24) is 9.80 Å². The molecule has 0 radical (unpaired) electrons. The third-order valence-corrected chi connectivity index (χ3v) is 2.89. The largest absolute Gasteiger partial charge is 0.481 e. The number of aliphatic hydroxyl groups excluding tert-OH is 2. The molecule has 1 saturated heterocycles. The average molecular weight is 276 g/mol. The fraction of sp³-hybridized carbons (Fsp3) is 0.818. The Morgan fingerprint density at radius 1 is 1.26 bits per heavy atom. The Balaban J connectivity index is 2.70. The number of ether oxygens (including phenoxy) is 1. The van der Waals surface area contributed by atoms with Gasteiger partial charge in [0.15, 0.2) is 0 Å². The van der Waals surface area contributed by atoms with Gasteiger partial charge in [0, 0.05) is 19.6 Å². The van der Waals surface area contributed by atoms with Crippen molar-refractivity contribution in [3.05, 3.63) is 0 Å². The summed E-state index contributed by atoms with van der Waals surface area (Å²) in [5.41, 5.74) is 0. The van der Waals surface area contributed by atoms with Crippen LogP contribution in [0.3, 0.4) is 0 Å². The summed E-state index contributed by atoms with van der Waals surface area (Å²) in [6.45, 7) is 0.647. The van der Waals surface area contributed by atoms with Crippen molar-refractivity contribution in [2.75, 3.05) is 46.1 Å². The fourth-order valence-electron chi connectivity index (χ4n) is 2.00. The summed E-state index contributed by atoms with van der Waals surface area (Å²) in [5.74, 6) is -0.996. The summed E-state index contributed by atoms with van der Waals surface area (Å²) in [7, 11) is 0. The average Bonchev–Trinajstić information content (AvgIpc) is 2.38. The molecule has 0 saturated carbocycles. The summed E-state index contributed by atoms with van der Waals surface area (Å²) in [4.78, 5) is 25.8. The maximum Gasteiger partial charge on any atom is 0.320 e. The predicted molar refractivity (Wildman–Crippen MR) is 64.7 cm³/mol. The highest BCUT2D eigenvalue weighted by molar-refractivity contribution is 5.76. The Bertz CT molecular complexity index is 306. The van der Waals surface area contributed by atoms with E-state index in [0.29, 0.717) is 13.2 Å². The lowest BCUT2D eigenvalue weighted by atomic mass is 10.1. The molecular weight excluding hydrogens is 256 g/mol. The number of carbonyl (C=O) groups is 2. The molecule has 1 atom stereocenters. The zero-order valence-electron chi connectivity index (χ0n) is 10.7. The zero-order valence-corrected chi connectivity index (χ0v) is 10.7. The van der Waals surface area contributed by atoms with Gasteiger partial charge in [-0.25, -0.2) is 4.79 Å². The van der Waals surface area contributed by atoms with Crippen molar-refractivity contribution in [2.24, 2.45) is 0 Å². The van der Waals surface area contributed by atoms with Gasteiger partial charge < -0.3 is 29.9 Å². The Morgan fingerprint density at radius 3 is 2.42 bits per heavy atom. The molecule has 0 aromatic carbocycles. The molecule has 0 spiro atoms. The van der Waals surface area contributed by atoms with Crippen LogP contribution in [-0.2, 0) is 9.53 Å². The van der Waals surface area contributed by atoms with Gasteiger partial charge in [-0.2, -0.15) is 0 Å². The lowest BCUT2D eigenvalue weighted by molar-refractivity contribution is -0.139. The number of amides is 2. The van der Waals surface area contributed by atoms with Crippen LogP contribution >= 0.6 is 0 Å². The summed E-state index contributed by atoms with van der Waals surface area (Å²) in [6, 6.07) is -0.892. The van der Waals surface area contributed by atoms with E-state index in [9.17, 15) is 9.59 Å². The number of morpholine rings is 1. The van der Waals surface area contributed by atoms with Crippen LogP contribution in [0.25, 0.3) is 0 Å². The van der Waals surface area contributed by atoms with E-state index < -0.39 is 12.0 Å². The molecule has 0 aromatic heterocycles. The molecule has 1 heterocycles. The summed E-state index contributed by atoms with van der Waals surface area (Å²) in [6.07, 6.45) is -0.183. The number of aliphatic hydroxyl groups is 2. The number of aliphatic carboxylic acids is 1. The molecule has 2 amide bonds. The first-order valence-corrected chi connectivity index (χ1v) is 6.17. The van der Waals surface area contributed by atoms with Crippen LogP contribution < -0.4 is 0 Å². The van der Waals surface area contributed by atoms with Gasteiger partial charge in [0.2, 0.25) is 0 Å². The molecule has 0 aromatic rings. The van der Waals surface area contributed by atoms with E-state index >= 15 is 0 Å². The molecular formula is C11H20N2O6. The minimum Gasteiger partial charge on any atom is -0.481 e. The van der Waals surface area contributed by atoms with Crippen LogP contribution in [0.4, 0.5) is 4.79 Å². The number of carboxylic acids is 1. The van der Waals surface area contributed by atoms with E-state index in [1.165, 1.54) is 9.80 Å². The number of nitrogens with zero attached hydrogens (tertiary/aromatic N) is 2. The second kappa shape index (κ2) is 7.93. The van der Waals surface area contributed by atoms with Gasteiger partial charge in [-0.1, -0.05) is 0 Å². The van der Waals surface area contributed by atoms with Gasteiger partial charge in [-0.3, -0.25) is 4.79 Å². The van der Waals surface area contributed by atoms with Gasteiger partial charge in [0.05, 0.1) is 38.9 Å². The van der Waals surface area contributed by atoms with E-state index in [-0.39, 0.29) is 45.4 Å². The molecule has 8 nitrogen and oxygen atoms in total. The predicted octanol–water partition coefficient (Wildman–Crippen LogP) is -1.43. The summed E-state index contributed by atoms with van der Waals surface area (Å²) < 4.78 is 5.19. The maximum atomic E-state index is 12.3. The molecule has 110 valence electrons. The van der Waals surface area contributed by atoms with Crippen LogP contribution in [-0.4, -0.2) is 89.2 Å². The minimum atomic E-state index is -0.996. The van der Waals surface area contributed by atoms with E-state index in [1.807, 2.05) is 0 Å². The van der Waals surface area contributed by atoms with Gasteiger partial charge in [0.1, 0.15) is 0 Å². The lowest BCUT2D eigenvalue weighted by Gasteiger charge is -2.38. The number of rotatable bonds is 6. The van der Waals surface area contributed by atoms with Crippen molar-refractivity contribution in [2.45, 2.75) is 12.5 Å². The second-order valence-corrected chi connectivity index (χ2v) is 4.24. The van der Waals surface area contributed by atoms with E-state index in [2.05, 4.69) is 0 Å². The van der Waals surface area contributed by atoms with Gasteiger partial charge >= 0.3 is 12.0 Å². The van der Waals surface area contributed by atoms with E-state index in [4.69, 9.17) is 20.1 Å². The Kier molecular flexibility index (Phi) is 6.54. The standard InChI is InChI=1S/C11H20N2O6/c14-4-1-12(2-5-15)11(18)13-3-6-19-8-9(13)7-10(16)17/h9,14-15H,1-8H2,(H,16,17). The number of urea groups is 1.